The minimum absolute atomic E-state index is 0.0719. The second kappa shape index (κ2) is 4.47. The summed E-state index contributed by atoms with van der Waals surface area (Å²) in [5.41, 5.74) is 0. The van der Waals surface area contributed by atoms with Crippen molar-refractivity contribution in [3.8, 4) is 0 Å². The van der Waals surface area contributed by atoms with Crippen LogP contribution in [0.3, 0.4) is 0 Å². The number of carbonyl (C=O) groups is 1. The van der Waals surface area contributed by atoms with Crippen molar-refractivity contribution >= 4 is 34.1 Å². The van der Waals surface area contributed by atoms with Crippen molar-refractivity contribution in [2.45, 2.75) is 18.1 Å². The van der Waals surface area contributed by atoms with Gasteiger partial charge >= 0.3 is 0 Å². The molecule has 1 heterocycles. The summed E-state index contributed by atoms with van der Waals surface area (Å²) >= 11 is 3.23. The summed E-state index contributed by atoms with van der Waals surface area (Å²) < 4.78 is 1.14. The van der Waals surface area contributed by atoms with Crippen molar-refractivity contribution in [1.29, 1.82) is 0 Å². The van der Waals surface area contributed by atoms with Crippen LogP contribution in [-0.2, 0) is 4.79 Å². The van der Waals surface area contributed by atoms with Gasteiger partial charge in [0.1, 0.15) is 0 Å². The van der Waals surface area contributed by atoms with Gasteiger partial charge in [-0.2, -0.15) is 0 Å². The summed E-state index contributed by atoms with van der Waals surface area (Å²) in [6.07, 6.45) is 1.78. The molecule has 0 saturated heterocycles. The minimum atomic E-state index is -0.0719. The van der Waals surface area contributed by atoms with E-state index in [1.54, 1.807) is 18.0 Å². The number of carbonyl (C=O) groups excluding carboxylic acids is 1. The molecule has 0 radical (unpaired) electrons. The maximum Gasteiger partial charge on any atom is 0.223 e. The van der Waals surface area contributed by atoms with Crippen molar-refractivity contribution in [2.24, 2.45) is 0 Å². The van der Waals surface area contributed by atoms with E-state index in [1.807, 2.05) is 0 Å². The van der Waals surface area contributed by atoms with Crippen LogP contribution in [0.2, 0.25) is 0 Å². The number of nitrogens with zero attached hydrogens (tertiary/aromatic N) is 1. The van der Waals surface area contributed by atoms with Crippen molar-refractivity contribution in [1.82, 2.24) is 4.98 Å². The fourth-order valence-corrected chi connectivity index (χ4v) is 2.51. The van der Waals surface area contributed by atoms with E-state index in [1.165, 1.54) is 18.3 Å². The van der Waals surface area contributed by atoms with Gasteiger partial charge < -0.3 is 5.32 Å². The Hall–Kier alpha value is -0.550. The van der Waals surface area contributed by atoms with Gasteiger partial charge in [-0.1, -0.05) is 18.3 Å². The number of aromatic nitrogens is 1. The maximum atomic E-state index is 10.6. The molecule has 1 aromatic heterocycles. The second-order valence-electron chi connectivity index (χ2n) is 2.10. The Kier molecular flexibility index (Phi) is 3.55. The number of hydrogen-bond donors (Lipinski definition) is 1. The zero-order valence-electron chi connectivity index (χ0n) is 6.96. The van der Waals surface area contributed by atoms with Crippen LogP contribution < -0.4 is 5.32 Å². The number of nitrogens with one attached hydrogen (secondary N) is 1. The van der Waals surface area contributed by atoms with E-state index >= 15 is 0 Å². The van der Waals surface area contributed by atoms with Crippen molar-refractivity contribution < 1.29 is 4.79 Å². The SMILES string of the molecule is CCSc1cnc(NC(C)=O)s1. The third kappa shape index (κ3) is 2.83. The Labute approximate surface area is 79.6 Å². The van der Waals surface area contributed by atoms with Gasteiger partial charge in [0.15, 0.2) is 5.13 Å². The molecule has 1 aromatic rings. The molecule has 0 aromatic carbocycles. The van der Waals surface area contributed by atoms with Crippen LogP contribution in [0.5, 0.6) is 0 Å². The third-order valence-electron chi connectivity index (χ3n) is 1.05. The highest BCUT2D eigenvalue weighted by atomic mass is 32.2. The molecule has 0 unspecified atom stereocenters. The first-order valence-electron chi connectivity index (χ1n) is 3.58. The lowest BCUT2D eigenvalue weighted by molar-refractivity contribution is -0.114. The Balaban J connectivity index is 2.58. The predicted molar refractivity (Wildman–Crippen MR) is 52.8 cm³/mol. The molecule has 0 aliphatic rings. The second-order valence-corrected chi connectivity index (χ2v) is 4.69. The van der Waals surface area contributed by atoms with E-state index in [9.17, 15) is 4.79 Å². The van der Waals surface area contributed by atoms with Crippen LogP contribution in [0, 0.1) is 0 Å². The lowest BCUT2D eigenvalue weighted by atomic mass is 10.7. The lowest BCUT2D eigenvalue weighted by Gasteiger charge is -1.92. The zero-order valence-corrected chi connectivity index (χ0v) is 8.59. The van der Waals surface area contributed by atoms with Crippen molar-refractivity contribution in [3.05, 3.63) is 6.20 Å². The van der Waals surface area contributed by atoms with Crippen LogP contribution in [0.4, 0.5) is 5.13 Å². The molecule has 1 amide bonds. The molecule has 0 fully saturated rings. The summed E-state index contributed by atoms with van der Waals surface area (Å²) in [6, 6.07) is 0. The number of thioether (sulfide) groups is 1. The predicted octanol–water partition coefficient (Wildman–Crippen LogP) is 2.21. The van der Waals surface area contributed by atoms with Crippen LogP contribution in [0.15, 0.2) is 10.4 Å². The third-order valence-corrected chi connectivity index (χ3v) is 3.04. The van der Waals surface area contributed by atoms with Crippen LogP contribution in [-0.4, -0.2) is 16.6 Å². The highest BCUT2D eigenvalue weighted by molar-refractivity contribution is 8.01. The lowest BCUT2D eigenvalue weighted by Crippen LogP contribution is -2.04. The Morgan fingerprint density at radius 2 is 2.58 bits per heavy atom. The topological polar surface area (TPSA) is 42.0 Å². The van der Waals surface area contributed by atoms with Gasteiger partial charge in [0.2, 0.25) is 5.91 Å². The van der Waals surface area contributed by atoms with Gasteiger partial charge in [-0.3, -0.25) is 4.79 Å². The Morgan fingerprint density at radius 3 is 3.17 bits per heavy atom. The standard InChI is InChI=1S/C7H10N2OS2/c1-3-11-6-4-8-7(12-6)9-5(2)10/h4H,3H2,1-2H3,(H,8,9,10). The normalized spacial score (nSPS) is 9.83. The molecule has 0 spiro atoms. The summed E-state index contributed by atoms with van der Waals surface area (Å²) in [6.45, 7) is 3.57. The fraction of sp³-hybridized carbons (Fsp3) is 0.429. The average molecular weight is 202 g/mol. The Morgan fingerprint density at radius 1 is 1.83 bits per heavy atom. The highest BCUT2D eigenvalue weighted by Gasteiger charge is 2.01. The molecule has 12 heavy (non-hydrogen) atoms. The fourth-order valence-electron chi connectivity index (χ4n) is 0.677. The maximum absolute atomic E-state index is 10.6. The molecule has 5 heteroatoms. The van der Waals surface area contributed by atoms with Crippen molar-refractivity contribution in [2.75, 3.05) is 11.1 Å². The van der Waals surface area contributed by atoms with Crippen LogP contribution >= 0.6 is 23.1 Å². The van der Waals surface area contributed by atoms with Gasteiger partial charge in [0.05, 0.1) is 10.4 Å². The van der Waals surface area contributed by atoms with Gasteiger partial charge in [0, 0.05) is 6.92 Å². The van der Waals surface area contributed by atoms with Gasteiger partial charge in [-0.15, -0.1) is 11.8 Å². The highest BCUT2D eigenvalue weighted by Crippen LogP contribution is 2.27. The molecular weight excluding hydrogens is 192 g/mol. The first-order chi connectivity index (χ1) is 5.72. The molecule has 1 N–H and O–H groups in total. The summed E-state index contributed by atoms with van der Waals surface area (Å²) in [7, 11) is 0. The monoisotopic (exact) mass is 202 g/mol. The molecule has 0 aliphatic heterocycles. The number of thiazole rings is 1. The molecule has 0 bridgehead atoms. The quantitative estimate of drug-likeness (QED) is 0.764. The molecule has 66 valence electrons. The molecule has 0 aliphatic carbocycles. The summed E-state index contributed by atoms with van der Waals surface area (Å²) in [5, 5.41) is 3.32. The van der Waals surface area contributed by atoms with Crippen LogP contribution in [0.1, 0.15) is 13.8 Å². The summed E-state index contributed by atoms with van der Waals surface area (Å²) in [5.74, 6) is 0.958. The van der Waals surface area contributed by atoms with Gasteiger partial charge in [-0.05, 0) is 5.75 Å². The van der Waals surface area contributed by atoms with E-state index in [0.29, 0.717) is 5.13 Å². The Bertz CT molecular complexity index is 272. The molecule has 0 saturated carbocycles. The zero-order chi connectivity index (χ0) is 8.97. The first kappa shape index (κ1) is 9.54. The van der Waals surface area contributed by atoms with E-state index in [0.717, 1.165) is 9.96 Å². The molecular formula is C7H10N2OS2. The summed E-state index contributed by atoms with van der Waals surface area (Å²) in [4.78, 5) is 14.7. The van der Waals surface area contributed by atoms with Crippen molar-refractivity contribution in [3.63, 3.8) is 0 Å². The van der Waals surface area contributed by atoms with Gasteiger partial charge in [-0.25, -0.2) is 4.98 Å². The van der Waals surface area contributed by atoms with E-state index in [2.05, 4.69) is 17.2 Å². The first-order valence-corrected chi connectivity index (χ1v) is 5.38. The van der Waals surface area contributed by atoms with E-state index in [4.69, 9.17) is 0 Å². The average Bonchev–Trinajstić information content (AvgIpc) is 2.36. The minimum Gasteiger partial charge on any atom is -0.302 e. The molecule has 3 nitrogen and oxygen atoms in total. The van der Waals surface area contributed by atoms with Crippen LogP contribution in [0.25, 0.3) is 0 Å². The number of hydrogen-bond acceptors (Lipinski definition) is 4. The number of rotatable bonds is 3. The van der Waals surface area contributed by atoms with E-state index < -0.39 is 0 Å². The van der Waals surface area contributed by atoms with Gasteiger partial charge in [0.25, 0.3) is 0 Å². The largest absolute Gasteiger partial charge is 0.302 e. The van der Waals surface area contributed by atoms with E-state index in [-0.39, 0.29) is 5.91 Å². The molecule has 1 rings (SSSR count). The number of anilines is 1. The smallest absolute Gasteiger partial charge is 0.223 e. The molecule has 0 atom stereocenters. The number of amides is 1.